The van der Waals surface area contributed by atoms with E-state index < -0.39 is 0 Å². The van der Waals surface area contributed by atoms with Crippen LogP contribution < -0.4 is 0 Å². The predicted molar refractivity (Wildman–Crippen MR) is 40.4 cm³/mol. The standard InChI is InChI=1S/C6H11.CH3O.Mg/c1-2-4-6-5-3-1;1-2;/h1H,2-6H2;2H,1H2;/q2*-1;+2. The molecule has 2 heteroatoms. The van der Waals surface area contributed by atoms with Gasteiger partial charge in [-0.05, 0) is 0 Å². The molecule has 1 fully saturated rings. The molecule has 1 aliphatic carbocycles. The number of rotatable bonds is 0. The van der Waals surface area contributed by atoms with Crippen LogP contribution in [0.2, 0.25) is 0 Å². The molecule has 0 spiro atoms. The zero-order valence-corrected chi connectivity index (χ0v) is 7.39. The monoisotopic (exact) mass is 138 g/mol. The van der Waals surface area contributed by atoms with Gasteiger partial charge >= 0.3 is 23.1 Å². The van der Waals surface area contributed by atoms with Crippen molar-refractivity contribution in [2.24, 2.45) is 0 Å². The molecule has 0 saturated heterocycles. The Morgan fingerprint density at radius 1 is 1.00 bits per heavy atom. The molecule has 0 amide bonds. The van der Waals surface area contributed by atoms with Crippen molar-refractivity contribution in [3.63, 3.8) is 0 Å². The van der Waals surface area contributed by atoms with E-state index in [0.717, 1.165) is 0 Å². The van der Waals surface area contributed by atoms with Crippen molar-refractivity contribution in [3.8, 4) is 0 Å². The van der Waals surface area contributed by atoms with Crippen LogP contribution in [-0.4, -0.2) is 28.2 Å². The second-order valence-electron chi connectivity index (χ2n) is 1.93. The van der Waals surface area contributed by atoms with Crippen LogP contribution in [-0.2, 0) is 0 Å². The van der Waals surface area contributed by atoms with E-state index in [-0.39, 0.29) is 23.1 Å². The minimum atomic E-state index is 0. The molecule has 0 bridgehead atoms. The van der Waals surface area contributed by atoms with Crippen molar-refractivity contribution >= 4 is 23.1 Å². The van der Waals surface area contributed by atoms with Crippen LogP contribution in [0.1, 0.15) is 32.1 Å². The summed E-state index contributed by atoms with van der Waals surface area (Å²) in [6.45, 7) is 0. The van der Waals surface area contributed by atoms with Gasteiger partial charge in [0.2, 0.25) is 0 Å². The molecule has 1 aliphatic rings. The molecular formula is C7H14MgO. The Hall–Kier alpha value is 0.726. The van der Waals surface area contributed by atoms with E-state index in [2.05, 4.69) is 13.5 Å². The molecule has 0 unspecified atom stereocenters. The number of hydrogen-bond donors (Lipinski definition) is 1. The largest absolute Gasteiger partial charge is 2.00 e. The zero-order chi connectivity index (χ0) is 6.24. The molecule has 0 atom stereocenters. The third-order valence-electron chi connectivity index (χ3n) is 1.32. The van der Waals surface area contributed by atoms with E-state index in [9.17, 15) is 0 Å². The average Bonchev–Trinajstić information content (AvgIpc) is 1.96. The van der Waals surface area contributed by atoms with Gasteiger partial charge in [0.25, 0.3) is 0 Å². The van der Waals surface area contributed by atoms with Crippen molar-refractivity contribution in [2.75, 3.05) is 0 Å². The number of aliphatic hydroxyl groups is 1. The maximum absolute atomic E-state index is 6.75. The summed E-state index contributed by atoms with van der Waals surface area (Å²) >= 11 is 0. The second-order valence-corrected chi connectivity index (χ2v) is 1.93. The van der Waals surface area contributed by atoms with E-state index in [0.29, 0.717) is 0 Å². The first-order valence-electron chi connectivity index (χ1n) is 3.13. The van der Waals surface area contributed by atoms with E-state index in [1.54, 1.807) is 0 Å². The van der Waals surface area contributed by atoms with E-state index in [4.69, 9.17) is 5.11 Å². The van der Waals surface area contributed by atoms with Crippen LogP contribution >= 0.6 is 0 Å². The Kier molecular flexibility index (Phi) is 15.9. The van der Waals surface area contributed by atoms with Crippen molar-refractivity contribution in [2.45, 2.75) is 32.1 Å². The van der Waals surface area contributed by atoms with Crippen molar-refractivity contribution < 1.29 is 5.11 Å². The topological polar surface area (TPSA) is 20.2 Å². The van der Waals surface area contributed by atoms with Crippen LogP contribution in [0.25, 0.3) is 0 Å². The minimum Gasteiger partial charge on any atom is -0.569 e. The Labute approximate surface area is 74.0 Å². The summed E-state index contributed by atoms with van der Waals surface area (Å²) in [5.74, 6) is 0. The number of hydrogen-bond acceptors (Lipinski definition) is 1. The molecule has 1 N–H and O–H groups in total. The summed E-state index contributed by atoms with van der Waals surface area (Å²) in [6.07, 6.45) is 9.50. The van der Waals surface area contributed by atoms with Crippen molar-refractivity contribution in [1.82, 2.24) is 0 Å². The molecular weight excluding hydrogens is 124 g/mol. The zero-order valence-electron chi connectivity index (χ0n) is 5.97. The fourth-order valence-corrected chi connectivity index (χ4v) is 0.898. The molecule has 0 aromatic carbocycles. The first-order valence-corrected chi connectivity index (χ1v) is 3.13. The third kappa shape index (κ3) is 8.73. The van der Waals surface area contributed by atoms with Gasteiger partial charge in [-0.15, -0.1) is 0 Å². The van der Waals surface area contributed by atoms with Gasteiger partial charge < -0.3 is 11.5 Å². The normalized spacial score (nSPS) is 16.7. The van der Waals surface area contributed by atoms with Gasteiger partial charge in [-0.2, -0.15) is 12.8 Å². The molecule has 0 aliphatic heterocycles. The van der Waals surface area contributed by atoms with Gasteiger partial charge in [-0.1, -0.05) is 19.3 Å². The van der Waals surface area contributed by atoms with Gasteiger partial charge in [0.1, 0.15) is 0 Å². The molecule has 9 heavy (non-hydrogen) atoms. The van der Waals surface area contributed by atoms with Gasteiger partial charge in [0.15, 0.2) is 0 Å². The van der Waals surface area contributed by atoms with Crippen molar-refractivity contribution in [1.29, 1.82) is 0 Å². The SMILES string of the molecule is [CH-]1CCCCC1.[CH2-]O.[Mg+2]. The summed E-state index contributed by atoms with van der Waals surface area (Å²) in [5.41, 5.74) is 0. The summed E-state index contributed by atoms with van der Waals surface area (Å²) < 4.78 is 0. The first kappa shape index (κ1) is 12.4. The van der Waals surface area contributed by atoms with Gasteiger partial charge in [0.05, 0.1) is 0 Å². The number of aliphatic hydroxyl groups excluding tert-OH is 1. The fourth-order valence-electron chi connectivity index (χ4n) is 0.898. The molecule has 1 nitrogen and oxygen atoms in total. The fraction of sp³-hybridized carbons (Fsp3) is 0.714. The first-order chi connectivity index (χ1) is 4.00. The maximum atomic E-state index is 6.75. The second kappa shape index (κ2) is 11.5. The molecule has 0 radical (unpaired) electrons. The van der Waals surface area contributed by atoms with Crippen LogP contribution in [0, 0.1) is 13.5 Å². The Morgan fingerprint density at radius 2 is 1.44 bits per heavy atom. The molecule has 0 aromatic heterocycles. The Bertz CT molecular complexity index is 24.4. The van der Waals surface area contributed by atoms with E-state index >= 15 is 0 Å². The average molecular weight is 138 g/mol. The predicted octanol–water partition coefficient (Wildman–Crippen LogP) is 1.92. The van der Waals surface area contributed by atoms with E-state index in [1.807, 2.05) is 0 Å². The van der Waals surface area contributed by atoms with Gasteiger partial charge in [-0.3, -0.25) is 0 Å². The van der Waals surface area contributed by atoms with Crippen LogP contribution in [0.4, 0.5) is 0 Å². The van der Waals surface area contributed by atoms with Gasteiger partial charge in [0, 0.05) is 0 Å². The minimum absolute atomic E-state index is 0. The summed E-state index contributed by atoms with van der Waals surface area (Å²) in [4.78, 5) is 0. The Balaban J connectivity index is 0. The quantitative estimate of drug-likeness (QED) is 0.401. The summed E-state index contributed by atoms with van der Waals surface area (Å²) in [6, 6.07) is 0. The summed E-state index contributed by atoms with van der Waals surface area (Å²) in [5, 5.41) is 6.75. The molecule has 0 aromatic rings. The Morgan fingerprint density at radius 3 is 1.56 bits per heavy atom. The molecule has 1 saturated carbocycles. The van der Waals surface area contributed by atoms with Crippen LogP contribution in [0.3, 0.4) is 0 Å². The van der Waals surface area contributed by atoms with Gasteiger partial charge in [-0.25, -0.2) is 7.11 Å². The molecule has 0 heterocycles. The van der Waals surface area contributed by atoms with Crippen LogP contribution in [0.5, 0.6) is 0 Å². The summed E-state index contributed by atoms with van der Waals surface area (Å²) in [7, 11) is 2.25. The molecule has 50 valence electrons. The van der Waals surface area contributed by atoms with Crippen LogP contribution in [0.15, 0.2) is 0 Å². The molecule has 1 rings (SSSR count). The van der Waals surface area contributed by atoms with Crippen molar-refractivity contribution in [3.05, 3.63) is 13.5 Å². The third-order valence-corrected chi connectivity index (χ3v) is 1.32. The van der Waals surface area contributed by atoms with E-state index in [1.165, 1.54) is 32.1 Å². The maximum Gasteiger partial charge on any atom is 2.00 e. The smallest absolute Gasteiger partial charge is 0.569 e.